The number of nitrogens with two attached hydrogens (primary N) is 1. The number of Topliss-reactive ketones (excluding diaryl/α,β-unsaturated/α-hetero) is 1. The number of carbonyl (C=O) groups is 2. The fourth-order valence-electron chi connectivity index (χ4n) is 2.44. The maximum absolute atomic E-state index is 11.3. The van der Waals surface area contributed by atoms with Crippen molar-refractivity contribution in [3.63, 3.8) is 0 Å². The van der Waals surface area contributed by atoms with Gasteiger partial charge in [-0.3, -0.25) is 9.59 Å². The average molecular weight is 351 g/mol. The summed E-state index contributed by atoms with van der Waals surface area (Å²) < 4.78 is 5.29. The van der Waals surface area contributed by atoms with Gasteiger partial charge < -0.3 is 15.4 Å². The van der Waals surface area contributed by atoms with Gasteiger partial charge in [0.25, 0.3) is 5.89 Å². The Kier molecular flexibility index (Phi) is 4.90. The minimum Gasteiger partial charge on any atom is -0.480 e. The maximum Gasteiger partial charge on any atom is 0.320 e. The van der Waals surface area contributed by atoms with Crippen LogP contribution in [0.15, 0.2) is 53.1 Å². The molecule has 0 amide bonds. The van der Waals surface area contributed by atoms with Crippen molar-refractivity contribution in [2.24, 2.45) is 5.73 Å². The van der Waals surface area contributed by atoms with Gasteiger partial charge in [-0.1, -0.05) is 41.6 Å². The second kappa shape index (κ2) is 7.28. The first kappa shape index (κ1) is 17.5. The molecule has 7 heteroatoms. The smallest absolute Gasteiger partial charge is 0.320 e. The van der Waals surface area contributed by atoms with E-state index in [1.165, 1.54) is 6.92 Å². The van der Waals surface area contributed by atoms with Crippen molar-refractivity contribution in [3.05, 3.63) is 59.7 Å². The highest BCUT2D eigenvalue weighted by molar-refractivity contribution is 5.94. The van der Waals surface area contributed by atoms with E-state index >= 15 is 0 Å². The largest absolute Gasteiger partial charge is 0.480 e. The maximum atomic E-state index is 11.3. The Bertz CT molecular complexity index is 930. The molecular formula is C19H17N3O4. The Morgan fingerprint density at radius 1 is 1.08 bits per heavy atom. The molecule has 0 radical (unpaired) electrons. The molecule has 1 aromatic heterocycles. The number of hydrogen-bond donors (Lipinski definition) is 2. The van der Waals surface area contributed by atoms with Crippen LogP contribution in [0.4, 0.5) is 0 Å². The van der Waals surface area contributed by atoms with Crippen LogP contribution in [0.3, 0.4) is 0 Å². The minimum absolute atomic E-state index is 0.00882. The summed E-state index contributed by atoms with van der Waals surface area (Å²) in [4.78, 5) is 26.5. The number of rotatable bonds is 6. The lowest BCUT2D eigenvalue weighted by molar-refractivity contribution is -0.138. The van der Waals surface area contributed by atoms with Gasteiger partial charge in [-0.25, -0.2) is 0 Å². The third-order valence-electron chi connectivity index (χ3n) is 3.95. The molecule has 0 fully saturated rings. The molecule has 1 atom stereocenters. The number of aromatic nitrogens is 2. The lowest BCUT2D eigenvalue weighted by Gasteiger charge is -2.06. The van der Waals surface area contributed by atoms with Crippen LogP contribution in [0.2, 0.25) is 0 Å². The van der Waals surface area contributed by atoms with E-state index in [1.807, 2.05) is 0 Å². The Morgan fingerprint density at radius 2 is 1.69 bits per heavy atom. The first-order chi connectivity index (χ1) is 12.4. The van der Waals surface area contributed by atoms with Gasteiger partial charge in [0, 0.05) is 16.7 Å². The quantitative estimate of drug-likeness (QED) is 0.655. The molecule has 0 aliphatic carbocycles. The molecule has 7 nitrogen and oxygen atoms in total. The van der Waals surface area contributed by atoms with Crippen LogP contribution in [0.1, 0.15) is 22.8 Å². The third kappa shape index (κ3) is 3.84. The van der Waals surface area contributed by atoms with Crippen molar-refractivity contribution in [3.8, 4) is 22.8 Å². The second-order valence-corrected chi connectivity index (χ2v) is 5.90. The third-order valence-corrected chi connectivity index (χ3v) is 3.95. The predicted molar refractivity (Wildman–Crippen MR) is 94.5 cm³/mol. The zero-order valence-electron chi connectivity index (χ0n) is 14.0. The normalized spacial score (nSPS) is 11.9. The summed E-state index contributed by atoms with van der Waals surface area (Å²) in [5, 5.41) is 12.8. The number of benzene rings is 2. The van der Waals surface area contributed by atoms with Gasteiger partial charge >= 0.3 is 5.97 Å². The number of nitrogens with zero attached hydrogens (tertiary/aromatic N) is 2. The summed E-state index contributed by atoms with van der Waals surface area (Å²) in [5.74, 6) is -0.269. The van der Waals surface area contributed by atoms with E-state index in [2.05, 4.69) is 10.1 Å². The van der Waals surface area contributed by atoms with E-state index in [4.69, 9.17) is 15.4 Å². The van der Waals surface area contributed by atoms with Crippen molar-refractivity contribution in [2.45, 2.75) is 19.4 Å². The highest BCUT2D eigenvalue weighted by atomic mass is 16.5. The van der Waals surface area contributed by atoms with Crippen LogP contribution in [0.25, 0.3) is 22.8 Å². The SMILES string of the molecule is CC(=O)c1ccc(-c2nc(-c3ccc(C[C@H](N)C(=O)O)cc3)no2)cc1. The fraction of sp³-hybridized carbons (Fsp3) is 0.158. The summed E-state index contributed by atoms with van der Waals surface area (Å²) >= 11 is 0. The molecular weight excluding hydrogens is 334 g/mol. The van der Waals surface area contributed by atoms with Crippen molar-refractivity contribution < 1.29 is 19.2 Å². The van der Waals surface area contributed by atoms with Crippen LogP contribution >= 0.6 is 0 Å². The zero-order valence-corrected chi connectivity index (χ0v) is 14.0. The highest BCUT2D eigenvalue weighted by Crippen LogP contribution is 2.23. The van der Waals surface area contributed by atoms with E-state index in [0.717, 1.165) is 16.7 Å². The molecule has 2 aromatic carbocycles. The number of aliphatic carboxylic acids is 1. The molecule has 3 N–H and O–H groups in total. The molecule has 0 unspecified atom stereocenters. The fourth-order valence-corrected chi connectivity index (χ4v) is 2.44. The van der Waals surface area contributed by atoms with Gasteiger partial charge in [-0.15, -0.1) is 0 Å². The Hall–Kier alpha value is -3.32. The van der Waals surface area contributed by atoms with E-state index in [9.17, 15) is 9.59 Å². The first-order valence-electron chi connectivity index (χ1n) is 7.97. The number of carboxylic acids is 1. The van der Waals surface area contributed by atoms with Crippen molar-refractivity contribution >= 4 is 11.8 Å². The van der Waals surface area contributed by atoms with Crippen molar-refractivity contribution in [1.29, 1.82) is 0 Å². The molecule has 0 spiro atoms. The van der Waals surface area contributed by atoms with Gasteiger partial charge in [0.2, 0.25) is 5.82 Å². The molecule has 0 aliphatic rings. The van der Waals surface area contributed by atoms with Crippen LogP contribution in [0.5, 0.6) is 0 Å². The van der Waals surface area contributed by atoms with E-state index in [-0.39, 0.29) is 12.2 Å². The van der Waals surface area contributed by atoms with Crippen molar-refractivity contribution in [2.75, 3.05) is 0 Å². The average Bonchev–Trinajstić information content (AvgIpc) is 3.12. The number of hydrogen-bond acceptors (Lipinski definition) is 6. The number of carbonyl (C=O) groups excluding carboxylic acids is 1. The number of carboxylic acid groups (broad SMARTS) is 1. The Balaban J connectivity index is 1.77. The summed E-state index contributed by atoms with van der Waals surface area (Å²) in [6.45, 7) is 1.51. The molecule has 3 rings (SSSR count). The summed E-state index contributed by atoms with van der Waals surface area (Å²) in [5.41, 5.74) is 8.42. The highest BCUT2D eigenvalue weighted by Gasteiger charge is 2.14. The zero-order chi connectivity index (χ0) is 18.7. The van der Waals surface area contributed by atoms with E-state index < -0.39 is 12.0 Å². The number of ketones is 1. The Morgan fingerprint density at radius 3 is 2.27 bits per heavy atom. The molecule has 0 bridgehead atoms. The van der Waals surface area contributed by atoms with Gasteiger partial charge in [0.15, 0.2) is 5.78 Å². The summed E-state index contributed by atoms with van der Waals surface area (Å²) in [6, 6.07) is 13.1. The summed E-state index contributed by atoms with van der Waals surface area (Å²) in [7, 11) is 0. The Labute approximate surface area is 149 Å². The molecule has 1 heterocycles. The van der Waals surface area contributed by atoms with E-state index in [1.54, 1.807) is 48.5 Å². The molecule has 26 heavy (non-hydrogen) atoms. The monoisotopic (exact) mass is 351 g/mol. The topological polar surface area (TPSA) is 119 Å². The molecule has 0 saturated carbocycles. The molecule has 3 aromatic rings. The van der Waals surface area contributed by atoms with Crippen LogP contribution in [-0.2, 0) is 11.2 Å². The molecule has 0 aliphatic heterocycles. The molecule has 0 saturated heterocycles. The van der Waals surface area contributed by atoms with Crippen molar-refractivity contribution in [1.82, 2.24) is 10.1 Å². The van der Waals surface area contributed by atoms with Gasteiger partial charge in [-0.05, 0) is 31.0 Å². The predicted octanol–water partition coefficient (Wildman–Crippen LogP) is 2.56. The minimum atomic E-state index is -1.03. The molecule has 132 valence electrons. The first-order valence-corrected chi connectivity index (χ1v) is 7.97. The second-order valence-electron chi connectivity index (χ2n) is 5.90. The van der Waals surface area contributed by atoms with Crippen LogP contribution < -0.4 is 5.73 Å². The van der Waals surface area contributed by atoms with Gasteiger partial charge in [0.1, 0.15) is 6.04 Å². The van der Waals surface area contributed by atoms with Crippen LogP contribution in [0, 0.1) is 0 Å². The van der Waals surface area contributed by atoms with E-state index in [0.29, 0.717) is 17.3 Å². The van der Waals surface area contributed by atoms with Gasteiger partial charge in [0.05, 0.1) is 0 Å². The van der Waals surface area contributed by atoms with Gasteiger partial charge in [-0.2, -0.15) is 4.98 Å². The summed E-state index contributed by atoms with van der Waals surface area (Å²) in [6.07, 6.45) is 0.246. The lowest BCUT2D eigenvalue weighted by Crippen LogP contribution is -2.32. The lowest BCUT2D eigenvalue weighted by atomic mass is 10.0. The van der Waals surface area contributed by atoms with Crippen LogP contribution in [-0.4, -0.2) is 33.0 Å². The standard InChI is InChI=1S/C19H17N3O4/c1-11(23)13-6-8-15(9-7-13)18-21-17(22-26-18)14-4-2-12(3-5-14)10-16(20)19(24)25/h2-9,16H,10,20H2,1H3,(H,24,25)/t16-/m0/s1.